The van der Waals surface area contributed by atoms with Gasteiger partial charge < -0.3 is 14.7 Å². The van der Waals surface area contributed by atoms with Crippen molar-refractivity contribution >= 4 is 21.5 Å². The van der Waals surface area contributed by atoms with Crippen molar-refractivity contribution in [2.45, 2.75) is 56.6 Å². The smallest absolute Gasteiger partial charge is 0.253 e. The summed E-state index contributed by atoms with van der Waals surface area (Å²) in [5, 5.41) is 9.84. The molecule has 0 unspecified atom stereocenters. The Morgan fingerprint density at radius 1 is 1.19 bits per heavy atom. The predicted molar refractivity (Wildman–Crippen MR) is 140 cm³/mol. The minimum absolute atomic E-state index is 0.0944. The Labute approximate surface area is 214 Å². The molecule has 1 N–H and O–H groups in total. The summed E-state index contributed by atoms with van der Waals surface area (Å²) in [7, 11) is -2.16. The number of amides is 1. The number of rotatable bonds is 6. The number of benzene rings is 2. The second kappa shape index (κ2) is 11.2. The molecule has 1 aliphatic heterocycles. The number of sulfonamides is 1. The van der Waals surface area contributed by atoms with E-state index in [1.54, 1.807) is 37.1 Å². The Kier molecular flexibility index (Phi) is 8.17. The van der Waals surface area contributed by atoms with Gasteiger partial charge in [-0.15, -0.1) is 0 Å². The van der Waals surface area contributed by atoms with Gasteiger partial charge in [-0.2, -0.15) is 4.31 Å². The molecule has 0 saturated carbocycles. The van der Waals surface area contributed by atoms with Crippen molar-refractivity contribution in [2.24, 2.45) is 5.92 Å². The normalized spacial score (nSPS) is 22.8. The average molecular weight is 513 g/mol. The van der Waals surface area contributed by atoms with E-state index in [0.717, 1.165) is 31.2 Å². The van der Waals surface area contributed by atoms with Crippen LogP contribution >= 0.6 is 0 Å². The van der Waals surface area contributed by atoms with Crippen molar-refractivity contribution in [3.63, 3.8) is 0 Å². The molecule has 0 aromatic heterocycles. The Morgan fingerprint density at radius 2 is 1.94 bits per heavy atom. The zero-order valence-electron chi connectivity index (χ0n) is 21.3. The van der Waals surface area contributed by atoms with Gasteiger partial charge in [0.25, 0.3) is 5.91 Å². The maximum atomic E-state index is 13.7. The highest BCUT2D eigenvalue weighted by atomic mass is 32.2. The molecule has 36 heavy (non-hydrogen) atoms. The van der Waals surface area contributed by atoms with Crippen molar-refractivity contribution in [3.05, 3.63) is 65.7 Å². The molecular formula is C28H36N2O5S. The monoisotopic (exact) mass is 512 g/mol. The summed E-state index contributed by atoms with van der Waals surface area (Å²) in [5.41, 5.74) is 2.75. The van der Waals surface area contributed by atoms with E-state index in [1.165, 1.54) is 9.88 Å². The summed E-state index contributed by atoms with van der Waals surface area (Å²) >= 11 is 0. The summed E-state index contributed by atoms with van der Waals surface area (Å²) in [6.45, 7) is 3.81. The molecule has 2 aromatic rings. The molecule has 7 nitrogen and oxygen atoms in total. The molecule has 194 valence electrons. The number of nitrogens with zero attached hydrogens (tertiary/aromatic N) is 2. The first-order chi connectivity index (χ1) is 17.2. The van der Waals surface area contributed by atoms with Crippen LogP contribution in [0.25, 0.3) is 5.57 Å². The fourth-order valence-electron chi connectivity index (χ4n) is 4.90. The number of hydrogen-bond acceptors (Lipinski definition) is 5. The van der Waals surface area contributed by atoms with E-state index in [2.05, 4.69) is 6.08 Å². The van der Waals surface area contributed by atoms with Crippen molar-refractivity contribution in [1.82, 2.24) is 9.21 Å². The minimum atomic E-state index is -3.90. The summed E-state index contributed by atoms with van der Waals surface area (Å²) in [6, 6.07) is 13.8. The first-order valence-corrected chi connectivity index (χ1v) is 14.1. The van der Waals surface area contributed by atoms with Gasteiger partial charge in [-0.25, -0.2) is 8.42 Å². The number of aliphatic hydroxyl groups excluding tert-OH is 1. The average Bonchev–Trinajstić information content (AvgIpc) is 2.90. The number of carbonyl (C=O) groups is 1. The summed E-state index contributed by atoms with van der Waals surface area (Å²) in [6.07, 6.45) is 6.01. The fourth-order valence-corrected chi connectivity index (χ4v) is 6.72. The Hall–Kier alpha value is -2.68. The number of likely N-dealkylation sites (N-methyl/N-ethyl adjacent to an activating group) is 1. The Bertz CT molecular complexity index is 1210. The number of aliphatic hydroxyl groups is 1. The van der Waals surface area contributed by atoms with Gasteiger partial charge in [-0.3, -0.25) is 4.79 Å². The second-order valence-corrected chi connectivity index (χ2v) is 11.8. The Balaban J connectivity index is 1.72. The molecule has 3 atom stereocenters. The molecule has 1 aliphatic carbocycles. The summed E-state index contributed by atoms with van der Waals surface area (Å²) in [5.74, 6) is -0.0558. The van der Waals surface area contributed by atoms with Crippen LogP contribution in [0.1, 0.15) is 55.5 Å². The highest BCUT2D eigenvalue weighted by molar-refractivity contribution is 7.89. The van der Waals surface area contributed by atoms with E-state index >= 15 is 0 Å². The lowest BCUT2D eigenvalue weighted by molar-refractivity contribution is 0.0563. The molecule has 2 aromatic carbocycles. The van der Waals surface area contributed by atoms with Crippen LogP contribution in [0.3, 0.4) is 0 Å². The molecule has 0 spiro atoms. The van der Waals surface area contributed by atoms with Crippen LogP contribution in [-0.2, 0) is 10.0 Å². The minimum Gasteiger partial charge on any atom is -0.487 e. The van der Waals surface area contributed by atoms with Gasteiger partial charge >= 0.3 is 0 Å². The van der Waals surface area contributed by atoms with E-state index in [-0.39, 0.29) is 29.9 Å². The lowest BCUT2D eigenvalue weighted by Gasteiger charge is -2.37. The van der Waals surface area contributed by atoms with Gasteiger partial charge in [0.1, 0.15) is 16.7 Å². The SMILES string of the molecule is C[C@H](CO)N1C[C@H](C)[C@@H](CN(C)C(=O)c2ccccc2)Oc2cc(C3=CCCCC3)ccc2S1(=O)=O. The predicted octanol–water partition coefficient (Wildman–Crippen LogP) is 4.18. The number of hydrogen-bond donors (Lipinski definition) is 1. The highest BCUT2D eigenvalue weighted by Crippen LogP contribution is 2.37. The van der Waals surface area contributed by atoms with Gasteiger partial charge in [-0.1, -0.05) is 37.3 Å². The third kappa shape index (κ3) is 5.51. The quantitative estimate of drug-likeness (QED) is 0.627. The largest absolute Gasteiger partial charge is 0.487 e. The molecule has 0 saturated heterocycles. The first kappa shape index (κ1) is 26.4. The zero-order valence-corrected chi connectivity index (χ0v) is 22.1. The molecule has 1 heterocycles. The van der Waals surface area contributed by atoms with E-state index in [9.17, 15) is 18.3 Å². The van der Waals surface area contributed by atoms with Crippen molar-refractivity contribution in [2.75, 3.05) is 26.7 Å². The van der Waals surface area contributed by atoms with Crippen molar-refractivity contribution in [3.8, 4) is 5.75 Å². The van der Waals surface area contributed by atoms with Crippen LogP contribution in [0.4, 0.5) is 0 Å². The lowest BCUT2D eigenvalue weighted by atomic mass is 9.93. The van der Waals surface area contributed by atoms with Crippen LogP contribution in [0.5, 0.6) is 5.75 Å². The van der Waals surface area contributed by atoms with E-state index in [1.807, 2.05) is 37.3 Å². The molecule has 0 radical (unpaired) electrons. The topological polar surface area (TPSA) is 87.2 Å². The fraction of sp³-hybridized carbons (Fsp3) is 0.464. The number of fused-ring (bicyclic) bond motifs is 1. The van der Waals surface area contributed by atoms with E-state index < -0.39 is 22.2 Å². The number of allylic oxidation sites excluding steroid dienone is 2. The number of carbonyl (C=O) groups excluding carboxylic acids is 1. The summed E-state index contributed by atoms with van der Waals surface area (Å²) in [4.78, 5) is 14.7. The first-order valence-electron chi connectivity index (χ1n) is 12.7. The maximum Gasteiger partial charge on any atom is 0.253 e. The Morgan fingerprint density at radius 3 is 2.61 bits per heavy atom. The van der Waals surface area contributed by atoms with Gasteiger partial charge in [0.05, 0.1) is 13.2 Å². The van der Waals surface area contributed by atoms with Crippen molar-refractivity contribution in [1.29, 1.82) is 0 Å². The zero-order chi connectivity index (χ0) is 25.9. The van der Waals surface area contributed by atoms with Crippen LogP contribution in [0.2, 0.25) is 0 Å². The molecule has 0 bridgehead atoms. The number of ether oxygens (including phenoxy) is 1. The molecule has 0 fully saturated rings. The van der Waals surface area contributed by atoms with Gasteiger partial charge in [-0.05, 0) is 68.0 Å². The van der Waals surface area contributed by atoms with Gasteiger partial charge in [0, 0.05) is 31.1 Å². The molecule has 4 rings (SSSR count). The maximum absolute atomic E-state index is 13.7. The van der Waals surface area contributed by atoms with Crippen molar-refractivity contribution < 1.29 is 23.1 Å². The highest BCUT2D eigenvalue weighted by Gasteiger charge is 2.38. The van der Waals surface area contributed by atoms with Gasteiger partial charge in [0.2, 0.25) is 10.0 Å². The molecule has 2 aliphatic rings. The molecule has 8 heteroatoms. The van der Waals surface area contributed by atoms with E-state index in [4.69, 9.17) is 4.74 Å². The van der Waals surface area contributed by atoms with Crippen LogP contribution in [-0.4, -0.2) is 67.5 Å². The van der Waals surface area contributed by atoms with Crippen LogP contribution < -0.4 is 4.74 Å². The molecule has 1 amide bonds. The third-order valence-electron chi connectivity index (χ3n) is 7.15. The third-order valence-corrected chi connectivity index (χ3v) is 9.17. The van der Waals surface area contributed by atoms with Gasteiger partial charge in [0.15, 0.2) is 0 Å². The molecular weight excluding hydrogens is 476 g/mol. The van der Waals surface area contributed by atoms with Crippen LogP contribution in [0, 0.1) is 5.92 Å². The standard InChI is InChI=1S/C28H36N2O5S/c1-20-17-30(21(2)19-31)36(33,34)27-15-14-24(22-10-6-4-7-11-22)16-25(27)35-26(20)18-29(3)28(32)23-12-8-5-9-13-23/h5,8-10,12-16,20-21,26,31H,4,6-7,11,17-19H2,1-3H3/t20-,21+,26+/m0/s1. The summed E-state index contributed by atoms with van der Waals surface area (Å²) < 4.78 is 35.2. The second-order valence-electron chi connectivity index (χ2n) is 9.93. The van der Waals surface area contributed by atoms with Crippen LogP contribution in [0.15, 0.2) is 59.5 Å². The lowest BCUT2D eigenvalue weighted by Crippen LogP contribution is -2.50. The van der Waals surface area contributed by atoms with E-state index in [0.29, 0.717) is 17.9 Å².